The number of urea groups is 1. The molecule has 3 atom stereocenters. The van der Waals surface area contributed by atoms with Gasteiger partial charge in [0.05, 0.1) is 18.8 Å². The van der Waals surface area contributed by atoms with Crippen LogP contribution < -0.4 is 5.32 Å². The van der Waals surface area contributed by atoms with Gasteiger partial charge in [-0.05, 0) is 44.4 Å². The molecule has 0 radical (unpaired) electrons. The van der Waals surface area contributed by atoms with Gasteiger partial charge >= 0.3 is 6.03 Å². The standard InChI is InChI=1S/C19H34N2O3/c1-2-15-5-3-6-16(13-15)20-19(22)21-10-8-17(9-11-21)24-14-18-7-4-12-23-18/h15-18H,2-14H2,1H3,(H,20,22)/t15-,16-,18+/m1/s1. The van der Waals surface area contributed by atoms with Crippen LogP contribution in [0.25, 0.3) is 0 Å². The third-order valence-corrected chi connectivity index (χ3v) is 5.96. The Labute approximate surface area is 146 Å². The number of carbonyl (C=O) groups excluding carboxylic acids is 1. The zero-order valence-corrected chi connectivity index (χ0v) is 15.2. The number of ether oxygens (including phenoxy) is 2. The van der Waals surface area contributed by atoms with Gasteiger partial charge in [0.1, 0.15) is 0 Å². The van der Waals surface area contributed by atoms with E-state index in [1.807, 2.05) is 4.90 Å². The van der Waals surface area contributed by atoms with Crippen LogP contribution in [0.1, 0.15) is 64.7 Å². The molecule has 1 saturated carbocycles. The van der Waals surface area contributed by atoms with E-state index in [4.69, 9.17) is 9.47 Å². The summed E-state index contributed by atoms with van der Waals surface area (Å²) in [6.45, 7) is 5.48. The van der Waals surface area contributed by atoms with Crippen molar-refractivity contribution >= 4 is 6.03 Å². The summed E-state index contributed by atoms with van der Waals surface area (Å²) < 4.78 is 11.6. The normalized spacial score (nSPS) is 32.0. The van der Waals surface area contributed by atoms with Crippen LogP contribution in [0.2, 0.25) is 0 Å². The highest BCUT2D eigenvalue weighted by atomic mass is 16.5. The number of carbonyl (C=O) groups is 1. The van der Waals surface area contributed by atoms with Gasteiger partial charge in [0, 0.05) is 25.7 Å². The van der Waals surface area contributed by atoms with Gasteiger partial charge in [-0.15, -0.1) is 0 Å². The summed E-state index contributed by atoms with van der Waals surface area (Å²) in [5.74, 6) is 0.793. The predicted octanol–water partition coefficient (Wildman–Crippen LogP) is 3.32. The van der Waals surface area contributed by atoms with Crippen molar-refractivity contribution in [1.29, 1.82) is 0 Å². The third kappa shape index (κ3) is 5.09. The summed E-state index contributed by atoms with van der Waals surface area (Å²) in [7, 11) is 0. The topological polar surface area (TPSA) is 50.8 Å². The molecule has 1 N–H and O–H groups in total. The molecule has 5 nitrogen and oxygen atoms in total. The lowest BCUT2D eigenvalue weighted by molar-refractivity contribution is -0.0382. The Hall–Kier alpha value is -0.810. The van der Waals surface area contributed by atoms with Crippen molar-refractivity contribution in [3.8, 4) is 0 Å². The molecule has 24 heavy (non-hydrogen) atoms. The predicted molar refractivity (Wildman–Crippen MR) is 94.1 cm³/mol. The number of hydrogen-bond acceptors (Lipinski definition) is 3. The maximum atomic E-state index is 12.5. The fraction of sp³-hybridized carbons (Fsp3) is 0.947. The first kappa shape index (κ1) is 18.0. The molecule has 0 unspecified atom stereocenters. The first-order valence-electron chi connectivity index (χ1n) is 10.0. The monoisotopic (exact) mass is 338 g/mol. The zero-order chi connectivity index (χ0) is 16.8. The van der Waals surface area contributed by atoms with E-state index in [9.17, 15) is 4.79 Å². The molecule has 138 valence electrons. The smallest absolute Gasteiger partial charge is 0.317 e. The van der Waals surface area contributed by atoms with E-state index in [0.717, 1.165) is 70.7 Å². The van der Waals surface area contributed by atoms with Crippen LogP contribution >= 0.6 is 0 Å². The number of piperidine rings is 1. The van der Waals surface area contributed by atoms with Gasteiger partial charge in [0.25, 0.3) is 0 Å². The Morgan fingerprint density at radius 3 is 2.71 bits per heavy atom. The molecule has 2 saturated heterocycles. The summed E-state index contributed by atoms with van der Waals surface area (Å²) in [6, 6.07) is 0.513. The molecule has 0 spiro atoms. The van der Waals surface area contributed by atoms with E-state index < -0.39 is 0 Å². The van der Waals surface area contributed by atoms with Gasteiger partial charge in [0.15, 0.2) is 0 Å². The zero-order valence-electron chi connectivity index (χ0n) is 15.2. The highest BCUT2D eigenvalue weighted by Crippen LogP contribution is 2.27. The SMILES string of the molecule is CC[C@@H]1CCC[C@@H](NC(=O)N2CCC(OC[C@@H]3CCCO3)CC2)C1. The molecule has 3 rings (SSSR count). The van der Waals surface area contributed by atoms with Gasteiger partial charge in [-0.3, -0.25) is 0 Å². The average molecular weight is 338 g/mol. The molecule has 0 aromatic rings. The fourth-order valence-electron chi connectivity index (χ4n) is 4.30. The minimum Gasteiger partial charge on any atom is -0.376 e. The van der Waals surface area contributed by atoms with Crippen molar-refractivity contribution in [2.24, 2.45) is 5.92 Å². The van der Waals surface area contributed by atoms with Crippen LogP contribution in [0.5, 0.6) is 0 Å². The second kappa shape index (κ2) is 9.04. The highest BCUT2D eigenvalue weighted by molar-refractivity contribution is 5.74. The molecular formula is C19H34N2O3. The molecule has 0 bridgehead atoms. The molecule has 3 fully saturated rings. The van der Waals surface area contributed by atoms with Crippen LogP contribution in [0.15, 0.2) is 0 Å². The molecule has 5 heteroatoms. The second-order valence-corrected chi connectivity index (χ2v) is 7.74. The number of hydrogen-bond donors (Lipinski definition) is 1. The van der Waals surface area contributed by atoms with Crippen LogP contribution in [0.4, 0.5) is 4.79 Å². The minimum absolute atomic E-state index is 0.134. The van der Waals surface area contributed by atoms with Crippen LogP contribution in [-0.2, 0) is 9.47 Å². The van der Waals surface area contributed by atoms with Crippen molar-refractivity contribution in [2.75, 3.05) is 26.3 Å². The molecule has 2 heterocycles. The maximum absolute atomic E-state index is 12.5. The van der Waals surface area contributed by atoms with Crippen LogP contribution in [-0.4, -0.2) is 55.5 Å². The summed E-state index contributed by atoms with van der Waals surface area (Å²) >= 11 is 0. The molecule has 0 aromatic heterocycles. The Bertz CT molecular complexity index is 390. The van der Waals surface area contributed by atoms with Crippen molar-refractivity contribution in [3.63, 3.8) is 0 Å². The number of nitrogens with one attached hydrogen (secondary N) is 1. The Morgan fingerprint density at radius 1 is 1.17 bits per heavy atom. The van der Waals surface area contributed by atoms with Gasteiger partial charge in [-0.25, -0.2) is 4.79 Å². The first-order valence-corrected chi connectivity index (χ1v) is 10.0. The Balaban J connectivity index is 1.34. The maximum Gasteiger partial charge on any atom is 0.317 e. The molecule has 2 aliphatic heterocycles. The van der Waals surface area contributed by atoms with E-state index in [1.165, 1.54) is 19.3 Å². The Kier molecular flexibility index (Phi) is 6.78. The largest absolute Gasteiger partial charge is 0.376 e. The number of rotatable bonds is 5. The lowest BCUT2D eigenvalue weighted by Gasteiger charge is -2.35. The lowest BCUT2D eigenvalue weighted by atomic mass is 9.84. The molecule has 2 amide bonds. The minimum atomic E-state index is 0.134. The quantitative estimate of drug-likeness (QED) is 0.836. The Morgan fingerprint density at radius 2 is 2.00 bits per heavy atom. The van der Waals surface area contributed by atoms with Crippen molar-refractivity contribution in [2.45, 2.75) is 83.0 Å². The molecule has 1 aliphatic carbocycles. The number of nitrogens with zero attached hydrogens (tertiary/aromatic N) is 1. The summed E-state index contributed by atoms with van der Waals surface area (Å²) in [5.41, 5.74) is 0. The van der Waals surface area contributed by atoms with E-state index in [1.54, 1.807) is 0 Å². The van der Waals surface area contributed by atoms with Gasteiger partial charge in [-0.2, -0.15) is 0 Å². The highest BCUT2D eigenvalue weighted by Gasteiger charge is 2.27. The van der Waals surface area contributed by atoms with Crippen molar-refractivity contribution in [3.05, 3.63) is 0 Å². The van der Waals surface area contributed by atoms with Crippen molar-refractivity contribution in [1.82, 2.24) is 10.2 Å². The van der Waals surface area contributed by atoms with Crippen LogP contribution in [0, 0.1) is 5.92 Å². The van der Waals surface area contributed by atoms with E-state index in [2.05, 4.69) is 12.2 Å². The molecule has 0 aromatic carbocycles. The van der Waals surface area contributed by atoms with E-state index in [-0.39, 0.29) is 12.1 Å². The second-order valence-electron chi connectivity index (χ2n) is 7.74. The number of amides is 2. The van der Waals surface area contributed by atoms with Crippen molar-refractivity contribution < 1.29 is 14.3 Å². The third-order valence-electron chi connectivity index (χ3n) is 5.96. The molecule has 3 aliphatic rings. The summed E-state index contributed by atoms with van der Waals surface area (Å²) in [4.78, 5) is 14.5. The summed E-state index contributed by atoms with van der Waals surface area (Å²) in [5, 5.41) is 3.27. The lowest BCUT2D eigenvalue weighted by Crippen LogP contribution is -2.50. The molecular weight excluding hydrogens is 304 g/mol. The van der Waals surface area contributed by atoms with Crippen LogP contribution in [0.3, 0.4) is 0 Å². The van der Waals surface area contributed by atoms with Gasteiger partial charge in [-0.1, -0.05) is 26.2 Å². The van der Waals surface area contributed by atoms with E-state index >= 15 is 0 Å². The van der Waals surface area contributed by atoms with E-state index in [0.29, 0.717) is 12.1 Å². The average Bonchev–Trinajstić information content (AvgIpc) is 3.14. The number of likely N-dealkylation sites (tertiary alicyclic amines) is 1. The fourth-order valence-corrected chi connectivity index (χ4v) is 4.30. The summed E-state index contributed by atoms with van der Waals surface area (Å²) in [6.07, 6.45) is 10.9. The van der Waals surface area contributed by atoms with Gasteiger partial charge < -0.3 is 19.7 Å². The van der Waals surface area contributed by atoms with Gasteiger partial charge in [0.2, 0.25) is 0 Å². The first-order chi connectivity index (χ1) is 11.7.